The van der Waals surface area contributed by atoms with Gasteiger partial charge in [0.1, 0.15) is 19.3 Å². The van der Waals surface area contributed by atoms with Gasteiger partial charge in [0.2, 0.25) is 0 Å². The predicted octanol–water partition coefficient (Wildman–Crippen LogP) is 18.3. The van der Waals surface area contributed by atoms with Gasteiger partial charge in [0.15, 0.2) is 12.2 Å². The van der Waals surface area contributed by atoms with Crippen molar-refractivity contribution in [3.63, 3.8) is 0 Å². The van der Waals surface area contributed by atoms with Crippen LogP contribution in [0.3, 0.4) is 0 Å². The maximum Gasteiger partial charge on any atom is 0.472 e. The quantitative estimate of drug-likeness (QED) is 0.0222. The highest BCUT2D eigenvalue weighted by Crippen LogP contribution is 2.45. The number of aliphatic hydroxyl groups excluding tert-OH is 1. The van der Waals surface area contributed by atoms with Crippen LogP contribution < -0.4 is 0 Å². The van der Waals surface area contributed by atoms with Gasteiger partial charge in [-0.25, -0.2) is 9.13 Å². The van der Waals surface area contributed by atoms with Crippen molar-refractivity contribution in [1.82, 2.24) is 0 Å². The summed E-state index contributed by atoms with van der Waals surface area (Å²) in [5.74, 6) is 0.0948. The van der Waals surface area contributed by atoms with Crippen LogP contribution in [0.15, 0.2) is 0 Å². The minimum atomic E-state index is -4.95. The van der Waals surface area contributed by atoms with Gasteiger partial charge in [-0.15, -0.1) is 0 Å². The van der Waals surface area contributed by atoms with E-state index in [9.17, 15) is 43.2 Å². The molecule has 0 rings (SSSR count). The van der Waals surface area contributed by atoms with Gasteiger partial charge in [-0.2, -0.15) is 0 Å². The highest BCUT2D eigenvalue weighted by Gasteiger charge is 2.30. The molecule has 0 aromatic carbocycles. The normalized spacial score (nSPS) is 15.0. The number of esters is 4. The summed E-state index contributed by atoms with van der Waals surface area (Å²) in [6.45, 7) is 11.7. The number of carbonyl (C=O) groups is 4. The molecule has 0 saturated carbocycles. The minimum Gasteiger partial charge on any atom is -0.462 e. The summed E-state index contributed by atoms with van der Waals surface area (Å²) in [5, 5.41) is 10.5. The molecule has 0 heterocycles. The number of phosphoric acid groups is 2. The van der Waals surface area contributed by atoms with Crippen LogP contribution in [0.4, 0.5) is 0 Å². The summed E-state index contributed by atoms with van der Waals surface area (Å²) in [6, 6.07) is 0. The van der Waals surface area contributed by atoms with Crippen molar-refractivity contribution >= 4 is 39.5 Å². The van der Waals surface area contributed by atoms with Crippen molar-refractivity contribution < 1.29 is 80.2 Å². The van der Waals surface area contributed by atoms with Crippen LogP contribution in [0.25, 0.3) is 0 Å². The number of aliphatic hydroxyl groups is 1. The van der Waals surface area contributed by atoms with Crippen LogP contribution in [0.1, 0.15) is 325 Å². The van der Waals surface area contributed by atoms with E-state index < -0.39 is 97.5 Å². The molecule has 0 bridgehead atoms. The summed E-state index contributed by atoms with van der Waals surface area (Å²) < 4.78 is 68.1. The Balaban J connectivity index is 5.26. The Hall–Kier alpha value is -1.94. The topological polar surface area (TPSA) is 237 Å². The van der Waals surface area contributed by atoms with Gasteiger partial charge in [-0.05, 0) is 43.4 Å². The Morgan fingerprint density at radius 3 is 0.894 bits per heavy atom. The first-order valence-electron chi connectivity index (χ1n) is 34.4. The molecule has 0 radical (unpaired) electrons. The molecular formula is C66H128O17P2. The molecule has 0 spiro atoms. The summed E-state index contributed by atoms with van der Waals surface area (Å²) >= 11 is 0. The highest BCUT2D eigenvalue weighted by molar-refractivity contribution is 7.47. The number of unbranched alkanes of at least 4 members (excludes halogenated alkanes) is 30. The largest absolute Gasteiger partial charge is 0.472 e. The van der Waals surface area contributed by atoms with Gasteiger partial charge < -0.3 is 33.8 Å². The molecule has 504 valence electrons. The van der Waals surface area contributed by atoms with E-state index in [-0.39, 0.29) is 25.7 Å². The third-order valence-corrected chi connectivity index (χ3v) is 17.8. The first-order chi connectivity index (χ1) is 40.8. The van der Waals surface area contributed by atoms with E-state index in [1.54, 1.807) is 0 Å². The van der Waals surface area contributed by atoms with Crippen molar-refractivity contribution in [3.8, 4) is 0 Å². The standard InChI is InChI=1S/C66H128O17P2/c1-8-11-12-13-14-15-16-20-25-33-40-47-63(68)76-53-61(82-65(70)49-42-35-26-21-18-17-19-24-31-38-45-58(6)9-2)55-80-84(72,73)78-51-60(67)52-79-85(74,75)81-56-62(83-66(71)50-43-36-27-22-23-30-37-44-57(4)5)54-77-64(69)48-41-34-29-28-32-39-46-59(7)10-3/h57-62,67H,8-56H2,1-7H3,(H,72,73)(H,74,75)/t58?,59?,60-,61-,62-/m1/s1. The molecule has 19 heteroatoms. The third kappa shape index (κ3) is 58.2. The number of hydrogen-bond acceptors (Lipinski definition) is 15. The number of hydrogen-bond donors (Lipinski definition) is 3. The molecule has 4 unspecified atom stereocenters. The summed E-state index contributed by atoms with van der Waals surface area (Å²) in [7, 11) is -9.89. The minimum absolute atomic E-state index is 0.102. The fraction of sp³-hybridized carbons (Fsp3) is 0.939. The number of ether oxygens (including phenoxy) is 4. The van der Waals surface area contributed by atoms with Gasteiger partial charge >= 0.3 is 39.5 Å². The molecule has 0 saturated heterocycles. The number of rotatable bonds is 64. The molecule has 0 aromatic heterocycles. The Morgan fingerprint density at radius 2 is 0.600 bits per heavy atom. The van der Waals surface area contributed by atoms with Gasteiger partial charge in [0, 0.05) is 25.7 Å². The van der Waals surface area contributed by atoms with Crippen LogP contribution in [0.5, 0.6) is 0 Å². The molecule has 0 aromatic rings. The predicted molar refractivity (Wildman–Crippen MR) is 340 cm³/mol. The fourth-order valence-electron chi connectivity index (χ4n) is 9.77. The zero-order valence-corrected chi connectivity index (χ0v) is 56.9. The summed E-state index contributed by atoms with van der Waals surface area (Å²) in [5.41, 5.74) is 0. The summed E-state index contributed by atoms with van der Waals surface area (Å²) in [6.07, 6.45) is 38.9. The van der Waals surface area contributed by atoms with Crippen molar-refractivity contribution in [2.24, 2.45) is 17.8 Å². The van der Waals surface area contributed by atoms with E-state index in [4.69, 9.17) is 37.0 Å². The molecule has 85 heavy (non-hydrogen) atoms. The Kier molecular flexibility index (Phi) is 55.9. The monoisotopic (exact) mass is 1250 g/mol. The second-order valence-electron chi connectivity index (χ2n) is 24.8. The number of phosphoric ester groups is 2. The van der Waals surface area contributed by atoms with E-state index in [2.05, 4.69) is 48.5 Å². The summed E-state index contributed by atoms with van der Waals surface area (Å²) in [4.78, 5) is 72.3. The SMILES string of the molecule is CCCCCCCCCCCCCC(=O)OC[C@H](COP(=O)(O)OC[C@@H](O)COP(=O)(O)OC[C@@H](COC(=O)CCCCCCCCC(C)CC)OC(=O)CCCCCCCCCC(C)C)OC(=O)CCCCCCCCCCCCC(C)CC. The molecule has 0 aliphatic rings. The van der Waals surface area contributed by atoms with Crippen LogP contribution >= 0.6 is 15.6 Å². The average Bonchev–Trinajstić information content (AvgIpc) is 3.56. The lowest BCUT2D eigenvalue weighted by molar-refractivity contribution is -0.161. The van der Waals surface area contributed by atoms with Crippen LogP contribution in [-0.2, 0) is 65.4 Å². The molecule has 0 fully saturated rings. The van der Waals surface area contributed by atoms with Crippen LogP contribution in [-0.4, -0.2) is 96.7 Å². The zero-order chi connectivity index (χ0) is 63.1. The Bertz CT molecular complexity index is 1690. The van der Waals surface area contributed by atoms with Gasteiger partial charge in [-0.3, -0.25) is 37.3 Å². The highest BCUT2D eigenvalue weighted by atomic mass is 31.2. The second kappa shape index (κ2) is 57.2. The molecular weight excluding hydrogens is 1130 g/mol. The average molecular weight is 1260 g/mol. The lowest BCUT2D eigenvalue weighted by Gasteiger charge is -2.21. The maximum atomic E-state index is 13.0. The van der Waals surface area contributed by atoms with Crippen LogP contribution in [0.2, 0.25) is 0 Å². The molecule has 0 aliphatic heterocycles. The van der Waals surface area contributed by atoms with Crippen molar-refractivity contribution in [3.05, 3.63) is 0 Å². The smallest absolute Gasteiger partial charge is 0.462 e. The van der Waals surface area contributed by atoms with E-state index in [1.165, 1.54) is 128 Å². The van der Waals surface area contributed by atoms with E-state index in [0.717, 1.165) is 108 Å². The first kappa shape index (κ1) is 83.1. The molecule has 7 atom stereocenters. The molecule has 3 N–H and O–H groups in total. The maximum absolute atomic E-state index is 13.0. The van der Waals surface area contributed by atoms with E-state index in [0.29, 0.717) is 31.6 Å². The van der Waals surface area contributed by atoms with Gasteiger partial charge in [0.05, 0.1) is 26.4 Å². The van der Waals surface area contributed by atoms with Gasteiger partial charge in [0.25, 0.3) is 0 Å². The van der Waals surface area contributed by atoms with E-state index >= 15 is 0 Å². The lowest BCUT2D eigenvalue weighted by Crippen LogP contribution is -2.30. The second-order valence-corrected chi connectivity index (χ2v) is 27.7. The number of carbonyl (C=O) groups excluding carboxylic acids is 4. The third-order valence-electron chi connectivity index (χ3n) is 15.9. The van der Waals surface area contributed by atoms with Gasteiger partial charge in [-0.1, -0.05) is 273 Å². The van der Waals surface area contributed by atoms with Crippen molar-refractivity contribution in [1.29, 1.82) is 0 Å². The lowest BCUT2D eigenvalue weighted by atomic mass is 9.99. The molecule has 17 nitrogen and oxygen atoms in total. The Labute approximate surface area is 517 Å². The fourth-order valence-corrected chi connectivity index (χ4v) is 11.3. The van der Waals surface area contributed by atoms with Crippen LogP contribution in [0, 0.1) is 17.8 Å². The van der Waals surface area contributed by atoms with Crippen molar-refractivity contribution in [2.45, 2.75) is 343 Å². The first-order valence-corrected chi connectivity index (χ1v) is 37.4. The van der Waals surface area contributed by atoms with E-state index in [1.807, 2.05) is 0 Å². The molecule has 0 aliphatic carbocycles. The Morgan fingerprint density at radius 1 is 0.341 bits per heavy atom. The zero-order valence-electron chi connectivity index (χ0n) is 55.1. The molecule has 0 amide bonds. The van der Waals surface area contributed by atoms with Crippen molar-refractivity contribution in [2.75, 3.05) is 39.6 Å².